The molecule has 0 radical (unpaired) electrons. The van der Waals surface area contributed by atoms with E-state index in [2.05, 4.69) is 38.8 Å². The van der Waals surface area contributed by atoms with Gasteiger partial charge in [0.25, 0.3) is 0 Å². The van der Waals surface area contributed by atoms with Crippen LogP contribution in [0, 0.1) is 5.92 Å². The normalized spacial score (nSPS) is 19.8. The van der Waals surface area contributed by atoms with E-state index in [0.717, 1.165) is 17.6 Å². The first kappa shape index (κ1) is 12.2. The molecule has 1 aliphatic rings. The van der Waals surface area contributed by atoms with Gasteiger partial charge in [-0.1, -0.05) is 0 Å². The van der Waals surface area contributed by atoms with Crippen LogP contribution < -0.4 is 4.90 Å². The first-order valence-corrected chi connectivity index (χ1v) is 6.90. The maximum absolute atomic E-state index is 6.14. The predicted molar refractivity (Wildman–Crippen MR) is 72.2 cm³/mol. The van der Waals surface area contributed by atoms with Crippen LogP contribution >= 0.6 is 27.5 Å². The zero-order valence-corrected chi connectivity index (χ0v) is 11.7. The average Bonchev–Trinajstić information content (AvgIpc) is 2.30. The van der Waals surface area contributed by atoms with Crippen LogP contribution in [-0.4, -0.2) is 23.5 Å². The molecule has 1 aromatic rings. The summed E-state index contributed by atoms with van der Waals surface area (Å²) in [5.74, 6) is 0.665. The number of piperidine rings is 1. The Bertz CT molecular complexity index is 349. The highest BCUT2D eigenvalue weighted by atomic mass is 79.9. The molecule has 88 valence electrons. The van der Waals surface area contributed by atoms with Gasteiger partial charge in [0.2, 0.25) is 0 Å². The van der Waals surface area contributed by atoms with Crippen molar-refractivity contribution in [2.24, 2.45) is 5.92 Å². The summed E-state index contributed by atoms with van der Waals surface area (Å²) >= 11 is 9.69. The fraction of sp³-hybridized carbons (Fsp3) is 0.583. The molecule has 1 saturated heterocycles. The lowest BCUT2D eigenvalue weighted by atomic mass is 9.94. The van der Waals surface area contributed by atoms with Gasteiger partial charge in [0, 0.05) is 30.9 Å². The number of aromatic nitrogens is 1. The van der Waals surface area contributed by atoms with Crippen LogP contribution in [-0.2, 0) is 0 Å². The first-order valence-electron chi connectivity index (χ1n) is 5.67. The number of hydrogen-bond acceptors (Lipinski definition) is 2. The maximum Gasteiger partial charge on any atom is 0.0592 e. The molecule has 0 aliphatic carbocycles. The molecule has 0 aromatic carbocycles. The van der Waals surface area contributed by atoms with Gasteiger partial charge in [-0.3, -0.25) is 4.98 Å². The highest BCUT2D eigenvalue weighted by Crippen LogP contribution is 2.30. The Kier molecular flexibility index (Phi) is 4.09. The van der Waals surface area contributed by atoms with Crippen molar-refractivity contribution < 1.29 is 0 Å². The largest absolute Gasteiger partial charge is 0.371 e. The zero-order valence-electron chi connectivity index (χ0n) is 9.37. The summed E-state index contributed by atoms with van der Waals surface area (Å²) < 4.78 is 1.08. The minimum absolute atomic E-state index is 0.294. The summed E-state index contributed by atoms with van der Waals surface area (Å²) in [5.41, 5.74) is 1.25. The number of rotatable bonds is 2. The molecule has 0 bridgehead atoms. The smallest absolute Gasteiger partial charge is 0.0592 e. The van der Waals surface area contributed by atoms with E-state index in [9.17, 15) is 0 Å². The van der Waals surface area contributed by atoms with Crippen LogP contribution in [0.4, 0.5) is 5.69 Å². The Morgan fingerprint density at radius 2 is 2.19 bits per heavy atom. The number of hydrogen-bond donors (Lipinski definition) is 0. The van der Waals surface area contributed by atoms with Crippen LogP contribution in [0.3, 0.4) is 0 Å². The zero-order chi connectivity index (χ0) is 11.5. The van der Waals surface area contributed by atoms with Gasteiger partial charge in [-0.2, -0.15) is 0 Å². The number of halogens is 2. The average molecular weight is 304 g/mol. The van der Waals surface area contributed by atoms with Crippen LogP contribution in [0.25, 0.3) is 0 Å². The van der Waals surface area contributed by atoms with Gasteiger partial charge in [-0.15, -0.1) is 11.6 Å². The third-order valence-electron chi connectivity index (χ3n) is 3.28. The SMILES string of the molecule is CC(Cl)C1CCN(c2ccncc2Br)CC1. The quantitative estimate of drug-likeness (QED) is 0.775. The van der Waals surface area contributed by atoms with Crippen LogP contribution in [0.2, 0.25) is 0 Å². The monoisotopic (exact) mass is 302 g/mol. The van der Waals surface area contributed by atoms with E-state index in [4.69, 9.17) is 11.6 Å². The van der Waals surface area contributed by atoms with Gasteiger partial charge >= 0.3 is 0 Å². The second-order valence-electron chi connectivity index (χ2n) is 4.33. The third kappa shape index (κ3) is 2.69. The Hall–Kier alpha value is -0.280. The van der Waals surface area contributed by atoms with Gasteiger partial charge in [-0.25, -0.2) is 0 Å². The predicted octanol–water partition coefficient (Wildman–Crippen LogP) is 3.69. The molecule has 1 fully saturated rings. The summed E-state index contributed by atoms with van der Waals surface area (Å²) in [6.07, 6.45) is 6.06. The molecule has 2 nitrogen and oxygen atoms in total. The minimum Gasteiger partial charge on any atom is -0.371 e. The van der Waals surface area contributed by atoms with E-state index in [1.165, 1.54) is 18.5 Å². The minimum atomic E-state index is 0.294. The van der Waals surface area contributed by atoms with Gasteiger partial charge in [0.15, 0.2) is 0 Å². The van der Waals surface area contributed by atoms with Crippen molar-refractivity contribution in [1.29, 1.82) is 0 Å². The Balaban J connectivity index is 2.02. The molecule has 1 aliphatic heterocycles. The molecule has 2 heterocycles. The number of pyridine rings is 1. The van der Waals surface area contributed by atoms with E-state index < -0.39 is 0 Å². The maximum atomic E-state index is 6.14. The molecule has 0 amide bonds. The molecule has 4 heteroatoms. The molecule has 1 aromatic heterocycles. The van der Waals surface area contributed by atoms with E-state index in [1.54, 1.807) is 0 Å². The van der Waals surface area contributed by atoms with Crippen molar-refractivity contribution in [3.8, 4) is 0 Å². The lowest BCUT2D eigenvalue weighted by molar-refractivity contribution is 0.400. The highest BCUT2D eigenvalue weighted by Gasteiger charge is 2.23. The van der Waals surface area contributed by atoms with E-state index >= 15 is 0 Å². The van der Waals surface area contributed by atoms with E-state index in [-0.39, 0.29) is 0 Å². The van der Waals surface area contributed by atoms with Crippen LogP contribution in [0.15, 0.2) is 22.9 Å². The number of nitrogens with zero attached hydrogens (tertiary/aromatic N) is 2. The fourth-order valence-electron chi connectivity index (χ4n) is 2.22. The molecule has 0 spiro atoms. The second-order valence-corrected chi connectivity index (χ2v) is 5.87. The van der Waals surface area contributed by atoms with Gasteiger partial charge in [0.05, 0.1) is 10.2 Å². The summed E-state index contributed by atoms with van der Waals surface area (Å²) in [7, 11) is 0. The number of anilines is 1. The van der Waals surface area contributed by atoms with Crippen molar-refractivity contribution >= 4 is 33.2 Å². The van der Waals surface area contributed by atoms with Crippen molar-refractivity contribution in [3.63, 3.8) is 0 Å². The number of alkyl halides is 1. The van der Waals surface area contributed by atoms with Gasteiger partial charge < -0.3 is 4.90 Å². The van der Waals surface area contributed by atoms with Crippen molar-refractivity contribution in [2.45, 2.75) is 25.1 Å². The standard InChI is InChI=1S/C12H16BrClN2/c1-9(14)10-3-6-16(7-4-10)12-2-5-15-8-11(12)13/h2,5,8-10H,3-4,6-7H2,1H3. The molecular weight excluding hydrogens is 288 g/mol. The van der Waals surface area contributed by atoms with E-state index in [1.807, 2.05) is 12.4 Å². The van der Waals surface area contributed by atoms with Crippen molar-refractivity contribution in [2.75, 3.05) is 18.0 Å². The Morgan fingerprint density at radius 3 is 2.75 bits per heavy atom. The molecule has 0 saturated carbocycles. The molecule has 16 heavy (non-hydrogen) atoms. The highest BCUT2D eigenvalue weighted by molar-refractivity contribution is 9.10. The third-order valence-corrected chi connectivity index (χ3v) is 4.25. The first-order chi connectivity index (χ1) is 7.68. The van der Waals surface area contributed by atoms with Gasteiger partial charge in [-0.05, 0) is 47.7 Å². The fourth-order valence-corrected chi connectivity index (χ4v) is 2.98. The Labute approximate surface area is 110 Å². The summed E-state index contributed by atoms with van der Waals surface area (Å²) in [6, 6.07) is 2.06. The molecule has 1 atom stereocenters. The van der Waals surface area contributed by atoms with Crippen molar-refractivity contribution in [3.05, 3.63) is 22.9 Å². The Morgan fingerprint density at radius 1 is 1.50 bits per heavy atom. The lowest BCUT2D eigenvalue weighted by Gasteiger charge is -2.35. The summed E-state index contributed by atoms with van der Waals surface area (Å²) in [4.78, 5) is 6.49. The summed E-state index contributed by atoms with van der Waals surface area (Å²) in [5, 5.41) is 0.294. The molecule has 2 rings (SSSR count). The van der Waals surface area contributed by atoms with Gasteiger partial charge in [0.1, 0.15) is 0 Å². The topological polar surface area (TPSA) is 16.1 Å². The summed E-state index contributed by atoms with van der Waals surface area (Å²) in [6.45, 7) is 4.28. The van der Waals surface area contributed by atoms with Crippen LogP contribution in [0.1, 0.15) is 19.8 Å². The molecule has 0 N–H and O–H groups in total. The lowest BCUT2D eigenvalue weighted by Crippen LogP contribution is -2.36. The van der Waals surface area contributed by atoms with Crippen LogP contribution in [0.5, 0.6) is 0 Å². The molecule has 1 unspecified atom stereocenters. The van der Waals surface area contributed by atoms with Crippen molar-refractivity contribution in [1.82, 2.24) is 4.98 Å². The van der Waals surface area contributed by atoms with E-state index in [0.29, 0.717) is 11.3 Å². The molecular formula is C12H16BrClN2. The second kappa shape index (κ2) is 5.37.